The number of aromatic nitrogens is 2. The van der Waals surface area contributed by atoms with E-state index >= 15 is 0 Å². The minimum Gasteiger partial charge on any atom is -0.314 e. The first-order chi connectivity index (χ1) is 8.99. The zero-order valence-electron chi connectivity index (χ0n) is 13.0. The van der Waals surface area contributed by atoms with Crippen molar-refractivity contribution in [3.8, 4) is 0 Å². The molecule has 0 aliphatic carbocycles. The summed E-state index contributed by atoms with van der Waals surface area (Å²) in [5.41, 5.74) is 2.12. The van der Waals surface area contributed by atoms with Gasteiger partial charge in [-0.25, -0.2) is 0 Å². The number of aryl methyl sites for hydroxylation is 2. The Morgan fingerprint density at radius 1 is 1.26 bits per heavy atom. The van der Waals surface area contributed by atoms with Crippen LogP contribution < -0.4 is 5.32 Å². The average Bonchev–Trinajstić information content (AvgIpc) is 2.63. The molecule has 0 saturated carbocycles. The molecule has 19 heavy (non-hydrogen) atoms. The molecule has 110 valence electrons. The van der Waals surface area contributed by atoms with Gasteiger partial charge in [0.25, 0.3) is 0 Å². The molecule has 0 radical (unpaired) electrons. The normalized spacial score (nSPS) is 13.2. The van der Waals surface area contributed by atoms with E-state index in [2.05, 4.69) is 38.1 Å². The molecule has 0 aliphatic heterocycles. The molecule has 0 fully saturated rings. The maximum absolute atomic E-state index is 6.39. The summed E-state index contributed by atoms with van der Waals surface area (Å²) >= 11 is 6.39. The number of rotatable bonds is 8. The highest BCUT2D eigenvalue weighted by Crippen LogP contribution is 2.23. The molecule has 1 N–H and O–H groups in total. The van der Waals surface area contributed by atoms with E-state index in [0.29, 0.717) is 6.04 Å². The van der Waals surface area contributed by atoms with Gasteiger partial charge in [0.15, 0.2) is 0 Å². The van der Waals surface area contributed by atoms with Crippen molar-refractivity contribution in [1.29, 1.82) is 0 Å². The van der Waals surface area contributed by atoms with E-state index in [9.17, 15) is 0 Å². The SMILES string of the molecule is CCNC(CCC(C)C)Cc1c(Cl)c(C)nn1CC. The Kier molecular flexibility index (Phi) is 6.87. The predicted molar refractivity (Wildman–Crippen MR) is 82.9 cm³/mol. The Hall–Kier alpha value is -0.540. The minimum atomic E-state index is 0.492. The van der Waals surface area contributed by atoms with Gasteiger partial charge in [-0.3, -0.25) is 4.68 Å². The fourth-order valence-electron chi connectivity index (χ4n) is 2.40. The third kappa shape index (κ3) is 4.81. The van der Waals surface area contributed by atoms with Gasteiger partial charge >= 0.3 is 0 Å². The van der Waals surface area contributed by atoms with Crippen LogP contribution in [0.1, 0.15) is 51.9 Å². The lowest BCUT2D eigenvalue weighted by molar-refractivity contribution is 0.424. The van der Waals surface area contributed by atoms with Gasteiger partial charge in [0, 0.05) is 19.0 Å². The highest BCUT2D eigenvalue weighted by atomic mass is 35.5. The van der Waals surface area contributed by atoms with Crippen molar-refractivity contribution in [2.45, 2.75) is 66.5 Å². The van der Waals surface area contributed by atoms with Gasteiger partial charge < -0.3 is 5.32 Å². The maximum atomic E-state index is 6.39. The van der Waals surface area contributed by atoms with Crippen LogP contribution in [0.15, 0.2) is 0 Å². The van der Waals surface area contributed by atoms with E-state index in [4.69, 9.17) is 11.6 Å². The highest BCUT2D eigenvalue weighted by Gasteiger charge is 2.17. The molecule has 0 amide bonds. The molecule has 3 nitrogen and oxygen atoms in total. The molecule has 0 spiro atoms. The number of halogens is 1. The van der Waals surface area contributed by atoms with Crippen molar-refractivity contribution in [3.63, 3.8) is 0 Å². The zero-order chi connectivity index (χ0) is 14.4. The molecule has 0 bridgehead atoms. The first kappa shape index (κ1) is 16.5. The van der Waals surface area contributed by atoms with Crippen LogP contribution in [0, 0.1) is 12.8 Å². The number of hydrogen-bond donors (Lipinski definition) is 1. The summed E-state index contributed by atoms with van der Waals surface area (Å²) in [6.45, 7) is 12.7. The molecule has 0 aliphatic rings. The van der Waals surface area contributed by atoms with Crippen LogP contribution >= 0.6 is 11.6 Å². The third-order valence-corrected chi connectivity index (χ3v) is 3.97. The van der Waals surface area contributed by atoms with Gasteiger partial charge in [-0.05, 0) is 39.2 Å². The van der Waals surface area contributed by atoms with Crippen LogP contribution in [0.5, 0.6) is 0 Å². The Labute approximate surface area is 122 Å². The average molecular weight is 286 g/mol. The first-order valence-electron chi connectivity index (χ1n) is 7.44. The zero-order valence-corrected chi connectivity index (χ0v) is 13.7. The van der Waals surface area contributed by atoms with Crippen molar-refractivity contribution >= 4 is 11.6 Å². The maximum Gasteiger partial charge on any atom is 0.0847 e. The summed E-state index contributed by atoms with van der Waals surface area (Å²) in [5, 5.41) is 8.91. The molecule has 1 unspecified atom stereocenters. The Morgan fingerprint density at radius 3 is 2.47 bits per heavy atom. The smallest absolute Gasteiger partial charge is 0.0847 e. The van der Waals surface area contributed by atoms with Crippen molar-refractivity contribution < 1.29 is 0 Å². The van der Waals surface area contributed by atoms with Gasteiger partial charge in [-0.2, -0.15) is 5.10 Å². The van der Waals surface area contributed by atoms with Crippen LogP contribution in [-0.2, 0) is 13.0 Å². The first-order valence-corrected chi connectivity index (χ1v) is 7.82. The highest BCUT2D eigenvalue weighted by molar-refractivity contribution is 6.31. The molecule has 1 aromatic rings. The van der Waals surface area contributed by atoms with Crippen LogP contribution in [0.2, 0.25) is 5.02 Å². The van der Waals surface area contributed by atoms with Gasteiger partial charge in [-0.1, -0.05) is 32.4 Å². The monoisotopic (exact) mass is 285 g/mol. The number of likely N-dealkylation sites (N-methyl/N-ethyl adjacent to an activating group) is 1. The molecular weight excluding hydrogens is 258 g/mol. The van der Waals surface area contributed by atoms with Crippen LogP contribution in [0.25, 0.3) is 0 Å². The quantitative estimate of drug-likeness (QED) is 0.787. The molecule has 1 aromatic heterocycles. The summed E-state index contributed by atoms with van der Waals surface area (Å²) < 4.78 is 2.04. The molecule has 1 rings (SSSR count). The van der Waals surface area contributed by atoms with E-state index in [0.717, 1.165) is 36.1 Å². The Morgan fingerprint density at radius 2 is 1.95 bits per heavy atom. The van der Waals surface area contributed by atoms with E-state index < -0.39 is 0 Å². The van der Waals surface area contributed by atoms with Crippen molar-refractivity contribution in [3.05, 3.63) is 16.4 Å². The lowest BCUT2D eigenvalue weighted by atomic mass is 10.00. The second-order valence-corrected chi connectivity index (χ2v) is 5.97. The van der Waals surface area contributed by atoms with E-state index in [1.165, 1.54) is 18.5 Å². The van der Waals surface area contributed by atoms with Gasteiger partial charge in [0.05, 0.1) is 16.4 Å². The molecule has 4 heteroatoms. The third-order valence-electron chi connectivity index (χ3n) is 3.48. The van der Waals surface area contributed by atoms with Crippen LogP contribution in [0.3, 0.4) is 0 Å². The minimum absolute atomic E-state index is 0.492. The number of nitrogens with zero attached hydrogens (tertiary/aromatic N) is 2. The second kappa shape index (κ2) is 7.91. The van der Waals surface area contributed by atoms with Crippen LogP contribution in [0.4, 0.5) is 0 Å². The molecule has 0 aromatic carbocycles. The lowest BCUT2D eigenvalue weighted by Crippen LogP contribution is -2.32. The second-order valence-electron chi connectivity index (χ2n) is 5.59. The Balaban J connectivity index is 2.77. The fraction of sp³-hybridized carbons (Fsp3) is 0.800. The predicted octanol–water partition coefficient (Wildman–Crippen LogP) is 3.82. The van der Waals surface area contributed by atoms with E-state index in [-0.39, 0.29) is 0 Å². The summed E-state index contributed by atoms with van der Waals surface area (Å²) in [7, 11) is 0. The number of hydrogen-bond acceptors (Lipinski definition) is 2. The van der Waals surface area contributed by atoms with Gasteiger partial charge in [-0.15, -0.1) is 0 Å². The Bertz CT molecular complexity index is 385. The topological polar surface area (TPSA) is 29.9 Å². The van der Waals surface area contributed by atoms with Crippen LogP contribution in [-0.4, -0.2) is 22.4 Å². The fourth-order valence-corrected chi connectivity index (χ4v) is 2.61. The molecule has 1 atom stereocenters. The number of nitrogens with one attached hydrogen (secondary N) is 1. The summed E-state index contributed by atoms with van der Waals surface area (Å²) in [5.74, 6) is 0.745. The molecule has 0 saturated heterocycles. The van der Waals surface area contributed by atoms with Crippen molar-refractivity contribution in [1.82, 2.24) is 15.1 Å². The summed E-state index contributed by atoms with van der Waals surface area (Å²) in [4.78, 5) is 0. The van der Waals surface area contributed by atoms with Gasteiger partial charge in [0.2, 0.25) is 0 Å². The van der Waals surface area contributed by atoms with Crippen molar-refractivity contribution in [2.24, 2.45) is 5.92 Å². The lowest BCUT2D eigenvalue weighted by Gasteiger charge is -2.19. The largest absolute Gasteiger partial charge is 0.314 e. The van der Waals surface area contributed by atoms with Crippen molar-refractivity contribution in [2.75, 3.05) is 6.54 Å². The van der Waals surface area contributed by atoms with E-state index in [1.54, 1.807) is 0 Å². The summed E-state index contributed by atoms with van der Waals surface area (Å²) in [6.07, 6.45) is 3.40. The van der Waals surface area contributed by atoms with Gasteiger partial charge in [0.1, 0.15) is 0 Å². The standard InChI is InChI=1S/C15H28ClN3/c1-6-17-13(9-8-11(3)4)10-14-15(16)12(5)18-19(14)7-2/h11,13,17H,6-10H2,1-5H3. The molecular formula is C15H28ClN3. The summed E-state index contributed by atoms with van der Waals surface area (Å²) in [6, 6.07) is 0.492. The molecule has 1 heterocycles. The van der Waals surface area contributed by atoms with E-state index in [1.807, 2.05) is 11.6 Å².